The quantitative estimate of drug-likeness (QED) is 0.683. The van der Waals surface area contributed by atoms with Crippen LogP contribution in [0.1, 0.15) is 24.0 Å². The zero-order valence-electron chi connectivity index (χ0n) is 13.9. The SMILES string of the molecule is O=C1CCCN1/N=C(\Cc1ccnc2ccccc12)c1ccccc1. The van der Waals surface area contributed by atoms with Crippen molar-refractivity contribution in [3.8, 4) is 0 Å². The molecule has 2 aromatic carbocycles. The number of para-hydroxylation sites is 1. The number of rotatable bonds is 4. The Hall–Kier alpha value is -3.01. The molecule has 3 aromatic rings. The van der Waals surface area contributed by atoms with E-state index in [1.165, 1.54) is 5.56 Å². The van der Waals surface area contributed by atoms with E-state index in [1.54, 1.807) is 5.01 Å². The third kappa shape index (κ3) is 3.29. The molecule has 0 radical (unpaired) electrons. The Morgan fingerprint density at radius 3 is 2.64 bits per heavy atom. The minimum atomic E-state index is 0.105. The van der Waals surface area contributed by atoms with Gasteiger partial charge in [0.25, 0.3) is 0 Å². The standard InChI is InChI=1S/C21H19N3O/c25-21-11-6-14-24(21)23-20(16-7-2-1-3-8-16)15-17-12-13-22-19-10-5-4-9-18(17)19/h1-5,7-10,12-13H,6,11,14-15H2/b23-20+. The fourth-order valence-corrected chi connectivity index (χ4v) is 3.20. The molecule has 4 heteroatoms. The summed E-state index contributed by atoms with van der Waals surface area (Å²) in [6.07, 6.45) is 3.96. The van der Waals surface area contributed by atoms with Crippen LogP contribution in [0.4, 0.5) is 0 Å². The van der Waals surface area contributed by atoms with Crippen molar-refractivity contribution >= 4 is 22.5 Å². The Morgan fingerprint density at radius 2 is 1.84 bits per heavy atom. The Balaban J connectivity index is 1.76. The number of fused-ring (bicyclic) bond motifs is 1. The molecule has 4 rings (SSSR count). The van der Waals surface area contributed by atoms with Crippen LogP contribution in [0, 0.1) is 0 Å². The molecule has 0 N–H and O–H groups in total. The van der Waals surface area contributed by atoms with Gasteiger partial charge in [-0.1, -0.05) is 48.5 Å². The Morgan fingerprint density at radius 1 is 1.04 bits per heavy atom. The number of hydrogen-bond donors (Lipinski definition) is 0. The molecule has 4 nitrogen and oxygen atoms in total. The highest BCUT2D eigenvalue weighted by Crippen LogP contribution is 2.20. The van der Waals surface area contributed by atoms with E-state index in [4.69, 9.17) is 5.10 Å². The molecule has 1 aliphatic heterocycles. The lowest BCUT2D eigenvalue weighted by atomic mass is 9.99. The smallest absolute Gasteiger partial charge is 0.242 e. The molecule has 1 fully saturated rings. The highest BCUT2D eigenvalue weighted by molar-refractivity contribution is 6.04. The van der Waals surface area contributed by atoms with Crippen molar-refractivity contribution in [2.45, 2.75) is 19.3 Å². The van der Waals surface area contributed by atoms with Crippen molar-refractivity contribution in [1.29, 1.82) is 0 Å². The van der Waals surface area contributed by atoms with Crippen molar-refractivity contribution in [2.75, 3.05) is 6.54 Å². The predicted molar refractivity (Wildman–Crippen MR) is 99.4 cm³/mol. The molecular weight excluding hydrogens is 310 g/mol. The number of benzene rings is 2. The minimum absolute atomic E-state index is 0.105. The minimum Gasteiger partial charge on any atom is -0.273 e. The molecule has 124 valence electrons. The first-order valence-corrected chi connectivity index (χ1v) is 8.57. The average molecular weight is 329 g/mol. The molecule has 1 aliphatic rings. The van der Waals surface area contributed by atoms with Gasteiger partial charge in [0.1, 0.15) is 0 Å². The van der Waals surface area contributed by atoms with Crippen LogP contribution in [0.25, 0.3) is 10.9 Å². The highest BCUT2D eigenvalue weighted by Gasteiger charge is 2.21. The first kappa shape index (κ1) is 15.5. The first-order chi connectivity index (χ1) is 12.3. The van der Waals surface area contributed by atoms with Gasteiger partial charge in [-0.25, -0.2) is 5.01 Å². The van der Waals surface area contributed by atoms with Crippen molar-refractivity contribution in [3.63, 3.8) is 0 Å². The molecule has 0 atom stereocenters. The monoisotopic (exact) mass is 329 g/mol. The maximum atomic E-state index is 12.0. The summed E-state index contributed by atoms with van der Waals surface area (Å²) in [5.74, 6) is 0.105. The second-order valence-electron chi connectivity index (χ2n) is 6.20. The number of nitrogens with zero attached hydrogens (tertiary/aromatic N) is 3. The van der Waals surface area contributed by atoms with E-state index < -0.39 is 0 Å². The van der Waals surface area contributed by atoms with Gasteiger partial charge in [0.2, 0.25) is 5.91 Å². The van der Waals surface area contributed by atoms with Crippen molar-refractivity contribution in [3.05, 3.63) is 78.0 Å². The number of carbonyl (C=O) groups is 1. The number of carbonyl (C=O) groups excluding carboxylic acids is 1. The van der Waals surface area contributed by atoms with E-state index in [2.05, 4.69) is 11.1 Å². The lowest BCUT2D eigenvalue weighted by Crippen LogP contribution is -2.21. The Bertz CT molecular complexity index is 929. The first-order valence-electron chi connectivity index (χ1n) is 8.57. The third-order valence-electron chi connectivity index (χ3n) is 4.49. The topological polar surface area (TPSA) is 45.6 Å². The van der Waals surface area contributed by atoms with Gasteiger partial charge in [-0.3, -0.25) is 9.78 Å². The molecule has 1 amide bonds. The van der Waals surface area contributed by atoms with E-state index in [9.17, 15) is 4.79 Å². The average Bonchev–Trinajstić information content (AvgIpc) is 3.07. The van der Waals surface area contributed by atoms with Crippen molar-refractivity contribution in [2.24, 2.45) is 5.10 Å². The van der Waals surface area contributed by atoms with Crippen LogP contribution in [0.15, 0.2) is 72.0 Å². The van der Waals surface area contributed by atoms with Gasteiger partial charge in [0.05, 0.1) is 11.2 Å². The summed E-state index contributed by atoms with van der Waals surface area (Å²) in [6, 6.07) is 20.2. The number of aromatic nitrogens is 1. The summed E-state index contributed by atoms with van der Waals surface area (Å²) in [7, 11) is 0. The molecule has 25 heavy (non-hydrogen) atoms. The van der Waals surface area contributed by atoms with Crippen LogP contribution in [-0.4, -0.2) is 28.2 Å². The summed E-state index contributed by atoms with van der Waals surface area (Å²) in [5.41, 5.74) is 4.10. The van der Waals surface area contributed by atoms with Gasteiger partial charge in [-0.15, -0.1) is 0 Å². The van der Waals surface area contributed by atoms with Crippen LogP contribution in [0.5, 0.6) is 0 Å². The molecule has 2 heterocycles. The summed E-state index contributed by atoms with van der Waals surface area (Å²) in [5, 5.41) is 7.45. The molecule has 0 aliphatic carbocycles. The van der Waals surface area contributed by atoms with Gasteiger partial charge in [-0.05, 0) is 29.7 Å². The lowest BCUT2D eigenvalue weighted by Gasteiger charge is -2.14. The number of amides is 1. The summed E-state index contributed by atoms with van der Waals surface area (Å²) in [6.45, 7) is 0.701. The normalized spacial score (nSPS) is 15.1. The van der Waals surface area contributed by atoms with E-state index in [0.717, 1.165) is 28.6 Å². The summed E-state index contributed by atoms with van der Waals surface area (Å²) < 4.78 is 0. The molecule has 0 saturated carbocycles. The molecule has 0 spiro atoms. The second-order valence-corrected chi connectivity index (χ2v) is 6.20. The van der Waals surface area contributed by atoms with E-state index in [-0.39, 0.29) is 5.91 Å². The molecule has 1 saturated heterocycles. The number of pyridine rings is 1. The molecule has 0 bridgehead atoms. The molecular formula is C21H19N3O. The predicted octanol–water partition coefficient (Wildman–Crippen LogP) is 3.80. The maximum Gasteiger partial charge on any atom is 0.242 e. The van der Waals surface area contributed by atoms with Gasteiger partial charge in [-0.2, -0.15) is 5.10 Å². The number of hydrogen-bond acceptors (Lipinski definition) is 3. The largest absolute Gasteiger partial charge is 0.273 e. The Labute approximate surface area is 146 Å². The van der Waals surface area contributed by atoms with Gasteiger partial charge >= 0.3 is 0 Å². The van der Waals surface area contributed by atoms with Crippen LogP contribution in [0.2, 0.25) is 0 Å². The maximum absolute atomic E-state index is 12.0. The van der Waals surface area contributed by atoms with Crippen LogP contribution >= 0.6 is 0 Å². The van der Waals surface area contributed by atoms with Gasteiger partial charge < -0.3 is 0 Å². The van der Waals surface area contributed by atoms with Gasteiger partial charge in [0, 0.05) is 31.0 Å². The van der Waals surface area contributed by atoms with Crippen LogP contribution in [-0.2, 0) is 11.2 Å². The fourth-order valence-electron chi connectivity index (χ4n) is 3.20. The highest BCUT2D eigenvalue weighted by atomic mass is 16.2. The molecule has 0 unspecified atom stereocenters. The summed E-state index contributed by atoms with van der Waals surface area (Å²) in [4.78, 5) is 16.4. The second kappa shape index (κ2) is 6.85. The van der Waals surface area contributed by atoms with E-state index in [0.29, 0.717) is 19.4 Å². The van der Waals surface area contributed by atoms with Gasteiger partial charge in [0.15, 0.2) is 0 Å². The molecule has 1 aromatic heterocycles. The number of hydrazone groups is 1. The van der Waals surface area contributed by atoms with Crippen molar-refractivity contribution < 1.29 is 4.79 Å². The lowest BCUT2D eigenvalue weighted by molar-refractivity contribution is -0.127. The van der Waals surface area contributed by atoms with Crippen LogP contribution < -0.4 is 0 Å². The van der Waals surface area contributed by atoms with E-state index >= 15 is 0 Å². The zero-order chi connectivity index (χ0) is 17.1. The van der Waals surface area contributed by atoms with Crippen molar-refractivity contribution in [1.82, 2.24) is 9.99 Å². The zero-order valence-corrected chi connectivity index (χ0v) is 13.9. The van der Waals surface area contributed by atoms with E-state index in [1.807, 2.05) is 60.8 Å². The third-order valence-corrected chi connectivity index (χ3v) is 4.49. The Kier molecular flexibility index (Phi) is 4.25. The summed E-state index contributed by atoms with van der Waals surface area (Å²) >= 11 is 0. The van der Waals surface area contributed by atoms with Crippen LogP contribution in [0.3, 0.4) is 0 Å². The fraction of sp³-hybridized carbons (Fsp3) is 0.190.